The Morgan fingerprint density at radius 3 is 2.14 bits per heavy atom. The van der Waals surface area contributed by atoms with Crippen molar-refractivity contribution in [1.29, 1.82) is 0 Å². The summed E-state index contributed by atoms with van der Waals surface area (Å²) in [5, 5.41) is 0. The number of rotatable bonds is 1. The standard InChI is InChI=1S/C10H17IO3/c1-9(2,3)10(6-4-5-7-10)13-8(12)14-11/h4-7H2,1-3H3. The van der Waals surface area contributed by atoms with Crippen LogP contribution in [-0.4, -0.2) is 11.8 Å². The topological polar surface area (TPSA) is 35.5 Å². The van der Waals surface area contributed by atoms with Gasteiger partial charge in [-0.3, -0.25) is 0 Å². The average Bonchev–Trinajstić information content (AvgIpc) is 2.52. The lowest BCUT2D eigenvalue weighted by atomic mass is 9.75. The first kappa shape index (κ1) is 12.1. The fourth-order valence-electron chi connectivity index (χ4n) is 2.13. The number of carbonyl (C=O) groups excluding carboxylic acids is 1. The number of hydrogen-bond acceptors (Lipinski definition) is 3. The third-order valence-electron chi connectivity index (χ3n) is 3.12. The largest absolute Gasteiger partial charge is 0.518 e. The highest BCUT2D eigenvalue weighted by Crippen LogP contribution is 2.46. The lowest BCUT2D eigenvalue weighted by Crippen LogP contribution is -2.44. The third-order valence-corrected chi connectivity index (χ3v) is 3.48. The molecule has 0 amide bonds. The van der Waals surface area contributed by atoms with Crippen LogP contribution in [0.15, 0.2) is 0 Å². The van der Waals surface area contributed by atoms with Gasteiger partial charge in [-0.2, -0.15) is 0 Å². The Balaban J connectivity index is 2.77. The summed E-state index contributed by atoms with van der Waals surface area (Å²) in [7, 11) is 0. The second kappa shape index (κ2) is 4.24. The molecule has 14 heavy (non-hydrogen) atoms. The molecule has 0 aromatic rings. The van der Waals surface area contributed by atoms with Crippen molar-refractivity contribution in [3.05, 3.63) is 0 Å². The molecular weight excluding hydrogens is 295 g/mol. The lowest BCUT2D eigenvalue weighted by molar-refractivity contribution is -0.0746. The molecule has 1 fully saturated rings. The van der Waals surface area contributed by atoms with Crippen molar-refractivity contribution < 1.29 is 12.6 Å². The van der Waals surface area contributed by atoms with E-state index in [1.54, 1.807) is 23.0 Å². The maximum Gasteiger partial charge on any atom is 0.518 e. The first-order chi connectivity index (χ1) is 6.41. The molecule has 1 saturated carbocycles. The predicted octanol–water partition coefficient (Wildman–Crippen LogP) is 3.85. The van der Waals surface area contributed by atoms with Crippen LogP contribution >= 0.6 is 23.0 Å². The van der Waals surface area contributed by atoms with Gasteiger partial charge in [-0.25, -0.2) is 4.79 Å². The summed E-state index contributed by atoms with van der Waals surface area (Å²) in [5.41, 5.74) is -0.344. The molecule has 0 aromatic carbocycles. The highest BCUT2D eigenvalue weighted by Gasteiger charge is 2.47. The Morgan fingerprint density at radius 1 is 1.29 bits per heavy atom. The first-order valence-corrected chi connectivity index (χ1v) is 5.81. The van der Waals surface area contributed by atoms with E-state index in [4.69, 9.17) is 4.74 Å². The minimum Gasteiger partial charge on any atom is -0.427 e. The minimum absolute atomic E-state index is 0.0195. The summed E-state index contributed by atoms with van der Waals surface area (Å²) in [6.07, 6.45) is 3.59. The molecule has 0 spiro atoms. The fraction of sp³-hybridized carbons (Fsp3) is 0.900. The Hall–Kier alpha value is 0. The second-order valence-corrected chi connectivity index (χ2v) is 5.32. The normalized spacial score (nSPS) is 20.6. The zero-order valence-corrected chi connectivity index (χ0v) is 11.1. The van der Waals surface area contributed by atoms with Crippen LogP contribution in [0.5, 0.6) is 0 Å². The van der Waals surface area contributed by atoms with Gasteiger partial charge in [-0.05, 0) is 25.7 Å². The number of hydrogen-bond donors (Lipinski definition) is 0. The van der Waals surface area contributed by atoms with Gasteiger partial charge in [-0.15, -0.1) is 0 Å². The van der Waals surface area contributed by atoms with Gasteiger partial charge in [0.25, 0.3) is 0 Å². The molecule has 1 aliphatic carbocycles. The van der Waals surface area contributed by atoms with Crippen molar-refractivity contribution in [1.82, 2.24) is 0 Å². The summed E-state index contributed by atoms with van der Waals surface area (Å²) in [5.74, 6) is 0. The van der Waals surface area contributed by atoms with Crippen LogP contribution in [0, 0.1) is 5.41 Å². The number of ether oxygens (including phenoxy) is 1. The maximum absolute atomic E-state index is 11.2. The van der Waals surface area contributed by atoms with Crippen molar-refractivity contribution >= 4 is 29.2 Å². The van der Waals surface area contributed by atoms with Crippen LogP contribution < -0.4 is 0 Å². The van der Waals surface area contributed by atoms with Crippen molar-refractivity contribution in [2.24, 2.45) is 5.41 Å². The van der Waals surface area contributed by atoms with Gasteiger partial charge in [0.05, 0.1) is 0 Å². The number of halogens is 1. The van der Waals surface area contributed by atoms with Crippen molar-refractivity contribution in [2.75, 3.05) is 0 Å². The van der Waals surface area contributed by atoms with Crippen LogP contribution in [0.25, 0.3) is 0 Å². The SMILES string of the molecule is CC(C)(C)C1(OC(=O)OI)CCCC1. The van der Waals surface area contributed by atoms with Gasteiger partial charge >= 0.3 is 6.16 Å². The summed E-state index contributed by atoms with van der Waals surface area (Å²) < 4.78 is 9.99. The first-order valence-electron chi connectivity index (χ1n) is 4.93. The highest BCUT2D eigenvalue weighted by atomic mass is 127. The lowest BCUT2D eigenvalue weighted by Gasteiger charge is -2.40. The predicted molar refractivity (Wildman–Crippen MR) is 62.2 cm³/mol. The van der Waals surface area contributed by atoms with Gasteiger partial charge in [0.15, 0.2) is 23.0 Å². The van der Waals surface area contributed by atoms with Crippen molar-refractivity contribution in [3.8, 4) is 0 Å². The molecule has 0 aromatic heterocycles. The van der Waals surface area contributed by atoms with E-state index >= 15 is 0 Å². The molecular formula is C10H17IO3. The minimum atomic E-state index is -0.567. The van der Waals surface area contributed by atoms with Gasteiger partial charge in [-0.1, -0.05) is 20.8 Å². The summed E-state index contributed by atoms with van der Waals surface area (Å²) in [4.78, 5) is 11.2. The van der Waals surface area contributed by atoms with Gasteiger partial charge in [0.1, 0.15) is 5.60 Å². The van der Waals surface area contributed by atoms with E-state index in [0.29, 0.717) is 0 Å². The van der Waals surface area contributed by atoms with E-state index in [9.17, 15) is 4.79 Å². The number of carbonyl (C=O) groups is 1. The zero-order valence-electron chi connectivity index (χ0n) is 8.93. The van der Waals surface area contributed by atoms with E-state index in [0.717, 1.165) is 25.7 Å². The summed E-state index contributed by atoms with van der Waals surface area (Å²) in [6.45, 7) is 6.33. The fourth-order valence-corrected chi connectivity index (χ4v) is 2.22. The molecule has 0 atom stereocenters. The molecule has 0 unspecified atom stereocenters. The van der Waals surface area contributed by atoms with Gasteiger partial charge in [0, 0.05) is 5.41 Å². The van der Waals surface area contributed by atoms with Gasteiger partial charge in [0.2, 0.25) is 0 Å². The molecule has 0 bridgehead atoms. The third kappa shape index (κ3) is 2.32. The van der Waals surface area contributed by atoms with Crippen molar-refractivity contribution in [2.45, 2.75) is 52.1 Å². The van der Waals surface area contributed by atoms with E-state index in [1.807, 2.05) is 0 Å². The van der Waals surface area contributed by atoms with Crippen molar-refractivity contribution in [3.63, 3.8) is 0 Å². The van der Waals surface area contributed by atoms with E-state index in [-0.39, 0.29) is 11.0 Å². The molecule has 1 rings (SSSR count). The molecule has 1 aliphatic rings. The molecule has 0 saturated heterocycles. The molecule has 4 heteroatoms. The van der Waals surface area contributed by atoms with Crippen LogP contribution in [0.1, 0.15) is 46.5 Å². The van der Waals surface area contributed by atoms with E-state index in [2.05, 4.69) is 23.8 Å². The van der Waals surface area contributed by atoms with Crippen LogP contribution in [0.2, 0.25) is 0 Å². The highest BCUT2D eigenvalue weighted by molar-refractivity contribution is 14.1. The van der Waals surface area contributed by atoms with E-state index in [1.165, 1.54) is 0 Å². The summed E-state index contributed by atoms with van der Waals surface area (Å²) in [6, 6.07) is 0. The van der Waals surface area contributed by atoms with Crippen LogP contribution in [0.4, 0.5) is 4.79 Å². The molecule has 0 aliphatic heterocycles. The van der Waals surface area contributed by atoms with Crippen LogP contribution in [0.3, 0.4) is 0 Å². The molecule has 0 N–H and O–H groups in total. The summed E-state index contributed by atoms with van der Waals surface area (Å²) >= 11 is 1.56. The Labute approximate surface area is 99.2 Å². The second-order valence-electron chi connectivity index (χ2n) is 4.88. The molecule has 0 radical (unpaired) electrons. The van der Waals surface area contributed by atoms with E-state index < -0.39 is 6.16 Å². The smallest absolute Gasteiger partial charge is 0.427 e. The Bertz CT molecular complexity index is 214. The quantitative estimate of drug-likeness (QED) is 0.545. The monoisotopic (exact) mass is 312 g/mol. The Kier molecular flexibility index (Phi) is 3.66. The Morgan fingerprint density at radius 2 is 1.79 bits per heavy atom. The maximum atomic E-state index is 11.2. The van der Waals surface area contributed by atoms with Gasteiger partial charge < -0.3 is 7.80 Å². The molecule has 3 nitrogen and oxygen atoms in total. The average molecular weight is 312 g/mol. The molecule has 82 valence electrons. The zero-order chi connectivity index (χ0) is 10.8. The van der Waals surface area contributed by atoms with Crippen LogP contribution in [-0.2, 0) is 7.80 Å². The molecule has 0 heterocycles.